The lowest BCUT2D eigenvalue weighted by Crippen LogP contribution is -2.30. The SMILES string of the molecule is Cc1nc(N2CCCCC2)c2[nH]c(-c3cc(C(F)(F)F)cc(C(F)(F)F)c3)cc2n1.Cl. The molecule has 3 heterocycles. The van der Waals surface area contributed by atoms with Crippen LogP contribution in [0.4, 0.5) is 32.2 Å². The number of aromatic nitrogens is 3. The van der Waals surface area contributed by atoms with Crippen molar-refractivity contribution in [1.82, 2.24) is 15.0 Å². The molecule has 31 heavy (non-hydrogen) atoms. The molecule has 0 radical (unpaired) electrons. The minimum absolute atomic E-state index is 0. The molecule has 168 valence electrons. The van der Waals surface area contributed by atoms with Gasteiger partial charge in [0.15, 0.2) is 5.82 Å². The van der Waals surface area contributed by atoms with Crippen molar-refractivity contribution in [2.45, 2.75) is 38.5 Å². The number of piperidine rings is 1. The first kappa shape index (κ1) is 23.2. The molecular weight excluding hydrogens is 446 g/mol. The van der Waals surface area contributed by atoms with Crippen molar-refractivity contribution in [2.75, 3.05) is 18.0 Å². The minimum atomic E-state index is -4.91. The Balaban J connectivity index is 0.00000272. The summed E-state index contributed by atoms with van der Waals surface area (Å²) in [5, 5.41) is 0. The normalized spacial score (nSPS) is 15.3. The Hall–Kier alpha value is -2.49. The van der Waals surface area contributed by atoms with Crippen molar-refractivity contribution in [2.24, 2.45) is 0 Å². The summed E-state index contributed by atoms with van der Waals surface area (Å²) < 4.78 is 79.3. The lowest BCUT2D eigenvalue weighted by atomic mass is 10.0. The van der Waals surface area contributed by atoms with Crippen LogP contribution in [0.1, 0.15) is 36.2 Å². The molecule has 0 bridgehead atoms. The van der Waals surface area contributed by atoms with Crippen LogP contribution in [0, 0.1) is 6.92 Å². The standard InChI is InChI=1S/C20H18F6N4.ClH/c1-11-27-16-10-15(29-17(16)18(28-11)30-5-3-2-4-6-30)12-7-13(19(21,22)23)9-14(8-12)20(24,25)26;/h7-10,29H,2-6H2,1H3;1H. The van der Waals surface area contributed by atoms with Gasteiger partial charge in [-0.1, -0.05) is 0 Å². The van der Waals surface area contributed by atoms with E-state index < -0.39 is 23.5 Å². The van der Waals surface area contributed by atoms with Gasteiger partial charge in [0, 0.05) is 18.8 Å². The smallest absolute Gasteiger partial charge is 0.355 e. The maximum Gasteiger partial charge on any atom is 0.416 e. The molecule has 3 aromatic rings. The molecular formula is C20H19ClF6N4. The summed E-state index contributed by atoms with van der Waals surface area (Å²) in [4.78, 5) is 13.8. The molecule has 4 rings (SSSR count). The highest BCUT2D eigenvalue weighted by molar-refractivity contribution is 5.91. The Morgan fingerprint density at radius 3 is 1.97 bits per heavy atom. The van der Waals surface area contributed by atoms with Crippen LogP contribution in [0.2, 0.25) is 0 Å². The van der Waals surface area contributed by atoms with Gasteiger partial charge in [0.25, 0.3) is 0 Å². The molecule has 0 unspecified atom stereocenters. The molecule has 0 amide bonds. The molecule has 0 spiro atoms. The highest BCUT2D eigenvalue weighted by Crippen LogP contribution is 2.39. The van der Waals surface area contributed by atoms with Crippen molar-refractivity contribution < 1.29 is 26.3 Å². The van der Waals surface area contributed by atoms with Gasteiger partial charge in [-0.3, -0.25) is 0 Å². The fraction of sp³-hybridized carbons (Fsp3) is 0.400. The first-order valence-electron chi connectivity index (χ1n) is 9.44. The van der Waals surface area contributed by atoms with Gasteiger partial charge in [-0.2, -0.15) is 26.3 Å². The fourth-order valence-corrected chi connectivity index (χ4v) is 3.71. The number of hydrogen-bond acceptors (Lipinski definition) is 3. The second kappa shape index (κ2) is 8.22. The predicted molar refractivity (Wildman–Crippen MR) is 107 cm³/mol. The molecule has 1 N–H and O–H groups in total. The van der Waals surface area contributed by atoms with Crippen molar-refractivity contribution in [1.29, 1.82) is 0 Å². The maximum atomic E-state index is 13.2. The lowest BCUT2D eigenvalue weighted by Gasteiger charge is -2.28. The highest BCUT2D eigenvalue weighted by atomic mass is 35.5. The summed E-state index contributed by atoms with van der Waals surface area (Å²) in [6.45, 7) is 3.26. The second-order valence-corrected chi connectivity index (χ2v) is 7.38. The van der Waals surface area contributed by atoms with E-state index in [1.807, 2.05) is 0 Å². The summed E-state index contributed by atoms with van der Waals surface area (Å²) >= 11 is 0. The second-order valence-electron chi connectivity index (χ2n) is 7.38. The van der Waals surface area contributed by atoms with Gasteiger partial charge in [0.05, 0.1) is 16.6 Å². The van der Waals surface area contributed by atoms with Gasteiger partial charge in [-0.25, -0.2) is 9.97 Å². The van der Waals surface area contributed by atoms with Crippen LogP contribution >= 0.6 is 12.4 Å². The molecule has 0 saturated carbocycles. The van der Waals surface area contributed by atoms with Crippen LogP contribution in [0.5, 0.6) is 0 Å². The molecule has 0 aliphatic carbocycles. The zero-order valence-corrected chi connectivity index (χ0v) is 17.2. The topological polar surface area (TPSA) is 44.8 Å². The Bertz CT molecular complexity index is 1050. The van der Waals surface area contributed by atoms with Crippen molar-refractivity contribution in [3.8, 4) is 11.3 Å². The predicted octanol–water partition coefficient (Wildman–Crippen LogP) is 6.38. The molecule has 0 atom stereocenters. The third kappa shape index (κ3) is 4.73. The van der Waals surface area contributed by atoms with E-state index in [0.29, 0.717) is 34.8 Å². The summed E-state index contributed by atoms with van der Waals surface area (Å²) in [5.74, 6) is 1.10. The van der Waals surface area contributed by atoms with Gasteiger partial charge < -0.3 is 9.88 Å². The van der Waals surface area contributed by atoms with Crippen molar-refractivity contribution in [3.63, 3.8) is 0 Å². The number of rotatable bonds is 2. The molecule has 1 aliphatic heterocycles. The van der Waals surface area contributed by atoms with E-state index in [4.69, 9.17) is 0 Å². The summed E-state index contributed by atoms with van der Waals surface area (Å²) in [6, 6.07) is 3.00. The highest BCUT2D eigenvalue weighted by Gasteiger charge is 2.37. The molecule has 1 aromatic carbocycles. The molecule has 1 aliphatic rings. The lowest BCUT2D eigenvalue weighted by molar-refractivity contribution is -0.143. The number of nitrogens with zero attached hydrogens (tertiary/aromatic N) is 3. The van der Waals surface area contributed by atoms with E-state index in [1.54, 1.807) is 6.92 Å². The number of hydrogen-bond donors (Lipinski definition) is 1. The fourth-order valence-electron chi connectivity index (χ4n) is 3.71. The average molecular weight is 465 g/mol. The molecule has 1 fully saturated rings. The van der Waals surface area contributed by atoms with E-state index in [0.717, 1.165) is 32.4 Å². The van der Waals surface area contributed by atoms with E-state index in [9.17, 15) is 26.3 Å². The third-order valence-corrected chi connectivity index (χ3v) is 5.12. The Kier molecular flexibility index (Phi) is 6.14. The molecule has 2 aromatic heterocycles. The molecule has 1 saturated heterocycles. The molecule has 11 heteroatoms. The minimum Gasteiger partial charge on any atom is -0.355 e. The van der Waals surface area contributed by atoms with Crippen LogP contribution in [0.25, 0.3) is 22.3 Å². The van der Waals surface area contributed by atoms with Gasteiger partial charge in [-0.15, -0.1) is 12.4 Å². The largest absolute Gasteiger partial charge is 0.416 e. The van der Waals surface area contributed by atoms with Crippen LogP contribution in [0.3, 0.4) is 0 Å². The van der Waals surface area contributed by atoms with Crippen LogP contribution in [-0.2, 0) is 12.4 Å². The van der Waals surface area contributed by atoms with Crippen LogP contribution in [-0.4, -0.2) is 28.0 Å². The first-order valence-corrected chi connectivity index (χ1v) is 9.44. The van der Waals surface area contributed by atoms with E-state index in [-0.39, 0.29) is 29.7 Å². The third-order valence-electron chi connectivity index (χ3n) is 5.12. The number of benzene rings is 1. The van der Waals surface area contributed by atoms with E-state index >= 15 is 0 Å². The number of anilines is 1. The number of nitrogens with one attached hydrogen (secondary N) is 1. The number of H-pyrrole nitrogens is 1. The number of aromatic amines is 1. The Morgan fingerprint density at radius 1 is 0.839 bits per heavy atom. The zero-order valence-electron chi connectivity index (χ0n) is 16.4. The van der Waals surface area contributed by atoms with E-state index in [1.165, 1.54) is 6.07 Å². The summed E-state index contributed by atoms with van der Waals surface area (Å²) in [5.41, 5.74) is -1.85. The maximum absolute atomic E-state index is 13.2. The number of fused-ring (bicyclic) bond motifs is 1. The van der Waals surface area contributed by atoms with Crippen LogP contribution < -0.4 is 4.90 Å². The zero-order chi connectivity index (χ0) is 21.7. The van der Waals surface area contributed by atoms with Gasteiger partial charge in [0.2, 0.25) is 0 Å². The van der Waals surface area contributed by atoms with Crippen molar-refractivity contribution in [3.05, 3.63) is 41.2 Å². The van der Waals surface area contributed by atoms with Crippen LogP contribution in [0.15, 0.2) is 24.3 Å². The van der Waals surface area contributed by atoms with E-state index in [2.05, 4.69) is 19.9 Å². The monoisotopic (exact) mass is 464 g/mol. The number of halogens is 7. The Labute approximate surface area is 180 Å². The quantitative estimate of drug-likeness (QED) is 0.447. The first-order chi connectivity index (χ1) is 14.0. The van der Waals surface area contributed by atoms with Gasteiger partial charge in [-0.05, 0) is 56.0 Å². The Morgan fingerprint density at radius 2 is 1.42 bits per heavy atom. The summed E-state index contributed by atoms with van der Waals surface area (Å²) in [6.07, 6.45) is -6.74. The average Bonchev–Trinajstić information content (AvgIpc) is 3.10. The van der Waals surface area contributed by atoms with Gasteiger partial charge >= 0.3 is 12.4 Å². The summed E-state index contributed by atoms with van der Waals surface area (Å²) in [7, 11) is 0. The number of aryl methyl sites for hydroxylation is 1. The van der Waals surface area contributed by atoms with Crippen molar-refractivity contribution >= 4 is 29.3 Å². The molecule has 4 nitrogen and oxygen atoms in total. The number of alkyl halides is 6. The van der Waals surface area contributed by atoms with Gasteiger partial charge in [0.1, 0.15) is 11.3 Å².